The average Bonchev–Trinajstić information content (AvgIpc) is 2.24. The molecule has 8 heteroatoms. The second kappa shape index (κ2) is 11.8. The molecule has 0 amide bonds. The van der Waals surface area contributed by atoms with E-state index in [1.165, 1.54) is 0 Å². The third kappa shape index (κ3) is 16.7. The van der Waals surface area contributed by atoms with Crippen LogP contribution in [0.3, 0.4) is 0 Å². The van der Waals surface area contributed by atoms with E-state index in [-0.39, 0.29) is 5.75 Å². The molecule has 0 spiro atoms. The monoisotopic (exact) mass is 350 g/mol. The normalized spacial score (nSPS) is 14.7. The number of hydrogen-bond acceptors (Lipinski definition) is 5. The molecule has 0 rings (SSSR count). The van der Waals surface area contributed by atoms with Crippen molar-refractivity contribution in [3.05, 3.63) is 0 Å². The molecule has 5 nitrogen and oxygen atoms in total. The van der Waals surface area contributed by atoms with Crippen molar-refractivity contribution in [2.45, 2.75) is 6.42 Å². The highest BCUT2D eigenvalue weighted by Gasteiger charge is 1.99. The van der Waals surface area contributed by atoms with Crippen molar-refractivity contribution in [2.75, 3.05) is 50.7 Å². The summed E-state index contributed by atoms with van der Waals surface area (Å²) in [6.07, 6.45) is 0.493. The first-order chi connectivity index (χ1) is 8.06. The lowest BCUT2D eigenvalue weighted by Crippen LogP contribution is -2.11. The maximum absolute atomic E-state index is 10.7. The first-order valence-corrected chi connectivity index (χ1v) is 9.03. The number of rotatable bonds is 12. The Morgan fingerprint density at radius 3 is 1.94 bits per heavy atom. The molecule has 0 heterocycles. The summed E-state index contributed by atoms with van der Waals surface area (Å²) in [6.45, 7) is 3.21. The molecule has 1 unspecified atom stereocenters. The van der Waals surface area contributed by atoms with E-state index >= 15 is 0 Å². The van der Waals surface area contributed by atoms with Gasteiger partial charge in [0.1, 0.15) is 8.77 Å². The van der Waals surface area contributed by atoms with Crippen LogP contribution in [-0.2, 0) is 34.2 Å². The second-order valence-electron chi connectivity index (χ2n) is 3.17. The number of hydrogen-bond donors (Lipinski definition) is 1. The standard InChI is InChI=1S/C9H19BrO5S2/c10-2-4-14-6-8-15-7-5-13-3-1-9-17(11,12)16/h1-9H2,(H,11,12,16). The molecule has 0 saturated carbocycles. The Morgan fingerprint density at radius 2 is 1.47 bits per heavy atom. The SMILES string of the molecule is O=S(O)(=S)CCCOCCOCCOCCBr. The van der Waals surface area contributed by atoms with Crippen molar-refractivity contribution in [2.24, 2.45) is 0 Å². The molecule has 0 bridgehead atoms. The van der Waals surface area contributed by atoms with Crippen LogP contribution in [0.1, 0.15) is 6.42 Å². The molecule has 104 valence electrons. The van der Waals surface area contributed by atoms with E-state index in [1.807, 2.05) is 0 Å². The highest BCUT2D eigenvalue weighted by atomic mass is 79.9. The Labute approximate surface area is 116 Å². The van der Waals surface area contributed by atoms with Gasteiger partial charge in [0.25, 0.3) is 0 Å². The van der Waals surface area contributed by atoms with Gasteiger partial charge in [-0.05, 0) is 6.42 Å². The summed E-state index contributed by atoms with van der Waals surface area (Å²) < 4.78 is 35.1. The van der Waals surface area contributed by atoms with Gasteiger partial charge in [-0.15, -0.1) is 0 Å². The van der Waals surface area contributed by atoms with Gasteiger partial charge < -0.3 is 18.8 Å². The zero-order valence-corrected chi connectivity index (χ0v) is 12.9. The van der Waals surface area contributed by atoms with E-state index in [0.717, 1.165) is 5.33 Å². The van der Waals surface area contributed by atoms with Crippen molar-refractivity contribution in [1.29, 1.82) is 0 Å². The summed E-state index contributed by atoms with van der Waals surface area (Å²) in [6, 6.07) is 0. The molecule has 0 aromatic heterocycles. The van der Waals surface area contributed by atoms with Gasteiger partial charge in [-0.2, -0.15) is 0 Å². The van der Waals surface area contributed by atoms with Gasteiger partial charge in [-0.3, -0.25) is 0 Å². The molecule has 17 heavy (non-hydrogen) atoms. The summed E-state index contributed by atoms with van der Waals surface area (Å²) in [7, 11) is -3.03. The Morgan fingerprint density at radius 1 is 1.00 bits per heavy atom. The first-order valence-electron chi connectivity index (χ1n) is 5.30. The Balaban J connectivity index is 3.04. The Kier molecular flexibility index (Phi) is 12.2. The van der Waals surface area contributed by atoms with Crippen molar-refractivity contribution in [1.82, 2.24) is 0 Å². The van der Waals surface area contributed by atoms with E-state index in [4.69, 9.17) is 18.8 Å². The molecule has 1 N–H and O–H groups in total. The van der Waals surface area contributed by atoms with Gasteiger partial charge >= 0.3 is 0 Å². The molecule has 0 radical (unpaired) electrons. The van der Waals surface area contributed by atoms with Crippen molar-refractivity contribution >= 4 is 35.9 Å². The zero-order valence-electron chi connectivity index (χ0n) is 9.64. The van der Waals surface area contributed by atoms with E-state index in [9.17, 15) is 4.21 Å². The zero-order chi connectivity index (χ0) is 13.0. The molecular weight excluding hydrogens is 332 g/mol. The molecule has 0 aromatic rings. The first kappa shape index (κ1) is 17.7. The van der Waals surface area contributed by atoms with Crippen molar-refractivity contribution in [3.63, 3.8) is 0 Å². The summed E-state index contributed by atoms with van der Waals surface area (Å²) in [5.74, 6) is 0.101. The fourth-order valence-electron chi connectivity index (χ4n) is 0.940. The number of ether oxygens (including phenoxy) is 3. The maximum Gasteiger partial charge on any atom is 0.141 e. The molecule has 0 aromatic carbocycles. The summed E-state index contributed by atoms with van der Waals surface area (Å²) in [5.41, 5.74) is 0. The molecule has 0 aliphatic heterocycles. The third-order valence-electron chi connectivity index (χ3n) is 1.66. The predicted molar refractivity (Wildman–Crippen MR) is 73.9 cm³/mol. The summed E-state index contributed by atoms with van der Waals surface area (Å²) in [5, 5.41) is 0.826. The summed E-state index contributed by atoms with van der Waals surface area (Å²) >= 11 is 7.59. The van der Waals surface area contributed by atoms with Gasteiger partial charge in [0.2, 0.25) is 0 Å². The molecule has 1 atom stereocenters. The Bertz CT molecular complexity index is 258. The van der Waals surface area contributed by atoms with Crippen molar-refractivity contribution < 1.29 is 23.0 Å². The minimum absolute atomic E-state index is 0.101. The van der Waals surface area contributed by atoms with Crippen LogP contribution in [-0.4, -0.2) is 59.5 Å². The minimum atomic E-state index is -3.03. The third-order valence-corrected chi connectivity index (χ3v) is 3.28. The second-order valence-corrected chi connectivity index (χ2v) is 7.09. The number of halogens is 1. The van der Waals surface area contributed by atoms with Crippen LogP contribution in [0.25, 0.3) is 0 Å². The lowest BCUT2D eigenvalue weighted by atomic mass is 10.5. The van der Waals surface area contributed by atoms with E-state index in [1.54, 1.807) is 0 Å². The van der Waals surface area contributed by atoms with Gasteiger partial charge in [0.15, 0.2) is 0 Å². The van der Waals surface area contributed by atoms with Gasteiger partial charge in [-0.25, -0.2) is 4.21 Å². The topological polar surface area (TPSA) is 65.0 Å². The van der Waals surface area contributed by atoms with E-state index < -0.39 is 8.77 Å². The van der Waals surface area contributed by atoms with Gasteiger partial charge in [0, 0.05) is 23.1 Å². The van der Waals surface area contributed by atoms with Gasteiger partial charge in [0.05, 0.1) is 38.8 Å². The highest BCUT2D eigenvalue weighted by molar-refractivity contribution is 9.09. The van der Waals surface area contributed by atoms with E-state index in [0.29, 0.717) is 46.1 Å². The average molecular weight is 351 g/mol. The molecule has 0 fully saturated rings. The van der Waals surface area contributed by atoms with Crippen LogP contribution in [0.2, 0.25) is 0 Å². The lowest BCUT2D eigenvalue weighted by Gasteiger charge is -2.06. The largest absolute Gasteiger partial charge is 0.379 e. The molecular formula is C9H19BrO5S2. The van der Waals surface area contributed by atoms with Crippen LogP contribution in [0.4, 0.5) is 0 Å². The maximum atomic E-state index is 10.7. The van der Waals surface area contributed by atoms with Crippen LogP contribution >= 0.6 is 15.9 Å². The van der Waals surface area contributed by atoms with Crippen LogP contribution < -0.4 is 0 Å². The van der Waals surface area contributed by atoms with E-state index in [2.05, 4.69) is 27.1 Å². The summed E-state index contributed by atoms with van der Waals surface area (Å²) in [4.78, 5) is 0. The predicted octanol–water partition coefficient (Wildman–Crippen LogP) is 1.04. The Hall–Kier alpha value is 0.690. The highest BCUT2D eigenvalue weighted by Crippen LogP contribution is 1.90. The van der Waals surface area contributed by atoms with Crippen molar-refractivity contribution in [3.8, 4) is 0 Å². The smallest absolute Gasteiger partial charge is 0.141 e. The lowest BCUT2D eigenvalue weighted by molar-refractivity contribution is 0.0177. The molecule has 0 aliphatic carbocycles. The molecule has 0 saturated heterocycles. The number of alkyl halides is 1. The fourth-order valence-corrected chi connectivity index (χ4v) is 2.00. The quantitative estimate of drug-likeness (QED) is 0.419. The fraction of sp³-hybridized carbons (Fsp3) is 1.00. The van der Waals surface area contributed by atoms with Gasteiger partial charge in [-0.1, -0.05) is 15.9 Å². The van der Waals surface area contributed by atoms with Crippen LogP contribution in [0.15, 0.2) is 0 Å². The van der Waals surface area contributed by atoms with Crippen LogP contribution in [0.5, 0.6) is 0 Å². The minimum Gasteiger partial charge on any atom is -0.379 e. The molecule has 0 aliphatic rings. The van der Waals surface area contributed by atoms with Crippen LogP contribution in [0, 0.1) is 0 Å².